The van der Waals surface area contributed by atoms with Gasteiger partial charge in [0.15, 0.2) is 0 Å². The van der Waals surface area contributed by atoms with Crippen molar-refractivity contribution >= 4 is 11.9 Å². The predicted octanol–water partition coefficient (Wildman–Crippen LogP) is 2.07. The van der Waals surface area contributed by atoms with Crippen molar-refractivity contribution in [1.29, 1.82) is 0 Å². The van der Waals surface area contributed by atoms with Crippen LogP contribution in [-0.4, -0.2) is 60.8 Å². The molecule has 0 aliphatic carbocycles. The van der Waals surface area contributed by atoms with Crippen molar-refractivity contribution in [2.75, 3.05) is 26.4 Å². The summed E-state index contributed by atoms with van der Waals surface area (Å²) in [4.78, 5) is 22.6. The molecule has 0 aromatic carbocycles. The minimum Gasteiger partial charge on any atom is -0.463 e. The van der Waals surface area contributed by atoms with Crippen LogP contribution in [-0.2, 0) is 23.8 Å². The van der Waals surface area contributed by atoms with Gasteiger partial charge in [-0.15, -0.1) is 0 Å². The molecule has 1 saturated heterocycles. The molecule has 3 unspecified atom stereocenters. The molecular formula is C19H36O7. The number of aliphatic hydroxyl groups excluding tert-OH is 2. The summed E-state index contributed by atoms with van der Waals surface area (Å²) < 4.78 is 15.3. The fourth-order valence-electron chi connectivity index (χ4n) is 1.82. The van der Waals surface area contributed by atoms with Crippen LogP contribution in [0.25, 0.3) is 0 Å². The van der Waals surface area contributed by atoms with Crippen LogP contribution in [0, 0.1) is 11.3 Å². The molecule has 0 aromatic heterocycles. The second-order valence-electron chi connectivity index (χ2n) is 7.25. The molecule has 1 heterocycles. The molecule has 7 heteroatoms. The van der Waals surface area contributed by atoms with E-state index in [-0.39, 0.29) is 37.2 Å². The van der Waals surface area contributed by atoms with E-state index in [1.807, 2.05) is 20.8 Å². The summed E-state index contributed by atoms with van der Waals surface area (Å²) in [6, 6.07) is 0. The predicted molar refractivity (Wildman–Crippen MR) is 97.5 cm³/mol. The van der Waals surface area contributed by atoms with Crippen LogP contribution in [0.3, 0.4) is 0 Å². The summed E-state index contributed by atoms with van der Waals surface area (Å²) >= 11 is 0. The largest absolute Gasteiger partial charge is 0.463 e. The lowest BCUT2D eigenvalue weighted by atomic mass is 9.91. The van der Waals surface area contributed by atoms with Gasteiger partial charge in [-0.2, -0.15) is 0 Å². The van der Waals surface area contributed by atoms with Gasteiger partial charge in [0.1, 0.15) is 19.3 Å². The van der Waals surface area contributed by atoms with E-state index in [2.05, 4.69) is 0 Å². The van der Waals surface area contributed by atoms with Crippen LogP contribution in [0.4, 0.5) is 0 Å². The number of hydrogen-bond donors (Lipinski definition) is 2. The zero-order chi connectivity index (χ0) is 20.2. The molecular weight excluding hydrogens is 340 g/mol. The van der Waals surface area contributed by atoms with Crippen LogP contribution in [0.15, 0.2) is 0 Å². The number of carbonyl (C=O) groups excluding carboxylic acids is 2. The number of carbonyl (C=O) groups is 2. The SMILES string of the molecule is CCC(C)(C)C(=O)OCC(O)CO.CCC(C)C(=O)OCC1CCCO1. The van der Waals surface area contributed by atoms with Crippen molar-refractivity contribution in [1.82, 2.24) is 0 Å². The summed E-state index contributed by atoms with van der Waals surface area (Å²) in [5.74, 6) is -0.429. The van der Waals surface area contributed by atoms with E-state index in [0.29, 0.717) is 13.0 Å². The van der Waals surface area contributed by atoms with Crippen LogP contribution in [0.1, 0.15) is 60.3 Å². The normalized spacial score (nSPS) is 19.1. The van der Waals surface area contributed by atoms with Gasteiger partial charge in [0.25, 0.3) is 0 Å². The van der Waals surface area contributed by atoms with E-state index >= 15 is 0 Å². The average Bonchev–Trinajstić information content (AvgIpc) is 3.16. The zero-order valence-corrected chi connectivity index (χ0v) is 16.8. The Hall–Kier alpha value is -1.18. The highest BCUT2D eigenvalue weighted by molar-refractivity contribution is 5.75. The molecule has 1 aliphatic heterocycles. The third kappa shape index (κ3) is 10.1. The van der Waals surface area contributed by atoms with Gasteiger partial charge in [-0.25, -0.2) is 0 Å². The van der Waals surface area contributed by atoms with E-state index in [9.17, 15) is 9.59 Å². The molecule has 0 amide bonds. The van der Waals surface area contributed by atoms with E-state index in [1.54, 1.807) is 13.8 Å². The Bertz CT molecular complexity index is 403. The van der Waals surface area contributed by atoms with Gasteiger partial charge in [0, 0.05) is 6.61 Å². The molecule has 0 radical (unpaired) electrons. The Kier molecular flexibility index (Phi) is 12.5. The van der Waals surface area contributed by atoms with Gasteiger partial charge < -0.3 is 24.4 Å². The van der Waals surface area contributed by atoms with E-state index in [1.165, 1.54) is 0 Å². The number of aliphatic hydroxyl groups is 2. The summed E-state index contributed by atoms with van der Waals surface area (Å²) in [5.41, 5.74) is -0.519. The first-order chi connectivity index (χ1) is 12.2. The van der Waals surface area contributed by atoms with Crippen molar-refractivity contribution in [3.05, 3.63) is 0 Å². The summed E-state index contributed by atoms with van der Waals surface area (Å²) in [5, 5.41) is 17.4. The molecule has 7 nitrogen and oxygen atoms in total. The standard InChI is InChI=1S/C10H18O3.C9H18O4/c1-3-8(2)10(11)13-7-9-5-4-6-12-9;1-4-9(2,3)8(12)13-6-7(11)5-10/h8-9H,3-7H2,1-2H3;7,10-11H,4-6H2,1-3H3. The van der Waals surface area contributed by atoms with E-state index < -0.39 is 11.5 Å². The van der Waals surface area contributed by atoms with Crippen LogP contribution < -0.4 is 0 Å². The number of rotatable bonds is 9. The smallest absolute Gasteiger partial charge is 0.311 e. The molecule has 0 saturated carbocycles. The van der Waals surface area contributed by atoms with Gasteiger partial charge in [-0.05, 0) is 39.5 Å². The maximum absolute atomic E-state index is 11.3. The molecule has 1 rings (SSSR count). The fraction of sp³-hybridized carbons (Fsp3) is 0.895. The maximum Gasteiger partial charge on any atom is 0.311 e. The molecule has 0 bridgehead atoms. The lowest BCUT2D eigenvalue weighted by Crippen LogP contribution is -2.30. The number of ether oxygens (including phenoxy) is 3. The lowest BCUT2D eigenvalue weighted by molar-refractivity contribution is -0.157. The highest BCUT2D eigenvalue weighted by Crippen LogP contribution is 2.21. The summed E-state index contributed by atoms with van der Waals surface area (Å²) in [6.45, 7) is 10.0. The van der Waals surface area contributed by atoms with Gasteiger partial charge in [0.05, 0.1) is 24.0 Å². The Labute approximate surface area is 157 Å². The highest BCUT2D eigenvalue weighted by atomic mass is 16.6. The Morgan fingerprint density at radius 3 is 2.38 bits per heavy atom. The van der Waals surface area contributed by atoms with E-state index in [0.717, 1.165) is 25.9 Å². The molecule has 1 fully saturated rings. The fourth-order valence-corrected chi connectivity index (χ4v) is 1.82. The summed E-state index contributed by atoms with van der Waals surface area (Å²) in [7, 11) is 0. The minimum absolute atomic E-state index is 0.0152. The topological polar surface area (TPSA) is 102 Å². The number of esters is 2. The second-order valence-corrected chi connectivity index (χ2v) is 7.25. The van der Waals surface area contributed by atoms with Crippen molar-refractivity contribution < 1.29 is 34.0 Å². The molecule has 26 heavy (non-hydrogen) atoms. The Morgan fingerprint density at radius 1 is 1.27 bits per heavy atom. The van der Waals surface area contributed by atoms with E-state index in [4.69, 9.17) is 24.4 Å². The average molecular weight is 376 g/mol. The van der Waals surface area contributed by atoms with Crippen molar-refractivity contribution in [3.8, 4) is 0 Å². The first-order valence-corrected chi connectivity index (χ1v) is 9.42. The molecule has 2 N–H and O–H groups in total. The minimum atomic E-state index is -0.975. The van der Waals surface area contributed by atoms with Gasteiger partial charge in [0.2, 0.25) is 0 Å². The molecule has 1 aliphatic rings. The molecule has 0 aromatic rings. The lowest BCUT2D eigenvalue weighted by Gasteiger charge is -2.21. The van der Waals surface area contributed by atoms with Gasteiger partial charge >= 0.3 is 11.9 Å². The molecule has 3 atom stereocenters. The molecule has 154 valence electrons. The Balaban J connectivity index is 0.000000481. The number of hydrogen-bond acceptors (Lipinski definition) is 7. The maximum atomic E-state index is 11.3. The Morgan fingerprint density at radius 2 is 1.92 bits per heavy atom. The van der Waals surface area contributed by atoms with Gasteiger partial charge in [-0.3, -0.25) is 9.59 Å². The van der Waals surface area contributed by atoms with Gasteiger partial charge in [-0.1, -0.05) is 20.8 Å². The zero-order valence-electron chi connectivity index (χ0n) is 16.8. The van der Waals surface area contributed by atoms with Crippen molar-refractivity contribution in [2.45, 2.75) is 72.5 Å². The van der Waals surface area contributed by atoms with Crippen LogP contribution in [0.5, 0.6) is 0 Å². The van der Waals surface area contributed by atoms with Crippen molar-refractivity contribution in [2.24, 2.45) is 11.3 Å². The monoisotopic (exact) mass is 376 g/mol. The quantitative estimate of drug-likeness (QED) is 0.594. The van der Waals surface area contributed by atoms with Crippen LogP contribution >= 0.6 is 0 Å². The van der Waals surface area contributed by atoms with Crippen molar-refractivity contribution in [3.63, 3.8) is 0 Å². The first kappa shape index (κ1) is 24.8. The third-order valence-electron chi connectivity index (χ3n) is 4.50. The first-order valence-electron chi connectivity index (χ1n) is 9.42. The summed E-state index contributed by atoms with van der Waals surface area (Å²) in [6.07, 6.45) is 2.80. The van der Waals surface area contributed by atoms with Crippen LogP contribution in [0.2, 0.25) is 0 Å². The third-order valence-corrected chi connectivity index (χ3v) is 4.50. The highest BCUT2D eigenvalue weighted by Gasteiger charge is 2.27. The second kappa shape index (κ2) is 13.1. The molecule has 0 spiro atoms.